The van der Waals surface area contributed by atoms with Crippen molar-refractivity contribution in [3.8, 4) is 6.07 Å². The second-order valence-corrected chi connectivity index (χ2v) is 4.03. The average molecular weight is 195 g/mol. The molecule has 1 heterocycles. The number of nitriles is 1. The third-order valence-corrected chi connectivity index (χ3v) is 2.52. The molecule has 1 rings (SSSR count). The SMILES string of the molecule is CC(C#N)CN(C)C(=O)CC1CNC1. The van der Waals surface area contributed by atoms with Crippen molar-refractivity contribution in [2.45, 2.75) is 13.3 Å². The minimum absolute atomic E-state index is 0.0801. The van der Waals surface area contributed by atoms with Gasteiger partial charge in [-0.2, -0.15) is 5.26 Å². The summed E-state index contributed by atoms with van der Waals surface area (Å²) in [5, 5.41) is 11.7. The van der Waals surface area contributed by atoms with E-state index in [1.807, 2.05) is 6.92 Å². The highest BCUT2D eigenvalue weighted by molar-refractivity contribution is 5.76. The van der Waals surface area contributed by atoms with Gasteiger partial charge in [-0.3, -0.25) is 4.79 Å². The summed E-state index contributed by atoms with van der Waals surface area (Å²) in [5.41, 5.74) is 0. The minimum Gasteiger partial charge on any atom is -0.344 e. The smallest absolute Gasteiger partial charge is 0.222 e. The van der Waals surface area contributed by atoms with Gasteiger partial charge in [-0.05, 0) is 25.9 Å². The Morgan fingerprint density at radius 2 is 2.36 bits per heavy atom. The molecule has 1 aliphatic heterocycles. The lowest BCUT2D eigenvalue weighted by Gasteiger charge is -2.28. The first kappa shape index (κ1) is 11.0. The predicted octanol–water partition coefficient (Wildman–Crippen LogP) is 0.214. The number of carbonyl (C=O) groups excluding carboxylic acids is 1. The highest BCUT2D eigenvalue weighted by atomic mass is 16.2. The molecule has 0 bridgehead atoms. The van der Waals surface area contributed by atoms with E-state index in [0.29, 0.717) is 18.9 Å². The van der Waals surface area contributed by atoms with Crippen LogP contribution >= 0.6 is 0 Å². The Hall–Kier alpha value is -1.08. The summed E-state index contributed by atoms with van der Waals surface area (Å²) in [6, 6.07) is 2.13. The number of nitrogens with one attached hydrogen (secondary N) is 1. The number of nitrogens with zero attached hydrogens (tertiary/aromatic N) is 2. The summed E-state index contributed by atoms with van der Waals surface area (Å²) in [6.45, 7) is 4.27. The maximum absolute atomic E-state index is 11.6. The van der Waals surface area contributed by atoms with E-state index in [0.717, 1.165) is 13.1 Å². The molecule has 0 radical (unpaired) electrons. The summed E-state index contributed by atoms with van der Waals surface area (Å²) in [6.07, 6.45) is 0.613. The van der Waals surface area contributed by atoms with Crippen molar-refractivity contribution in [2.24, 2.45) is 11.8 Å². The van der Waals surface area contributed by atoms with Crippen molar-refractivity contribution in [2.75, 3.05) is 26.7 Å². The number of amides is 1. The third kappa shape index (κ3) is 3.00. The van der Waals surface area contributed by atoms with Crippen LogP contribution in [-0.4, -0.2) is 37.5 Å². The molecule has 0 saturated carbocycles. The van der Waals surface area contributed by atoms with Gasteiger partial charge in [-0.25, -0.2) is 0 Å². The van der Waals surface area contributed by atoms with E-state index in [-0.39, 0.29) is 11.8 Å². The first-order valence-corrected chi connectivity index (χ1v) is 4.97. The Balaban J connectivity index is 2.25. The van der Waals surface area contributed by atoms with E-state index < -0.39 is 0 Å². The Kier molecular flexibility index (Phi) is 3.90. The van der Waals surface area contributed by atoms with Gasteiger partial charge in [0.05, 0.1) is 12.0 Å². The molecule has 0 spiro atoms. The van der Waals surface area contributed by atoms with E-state index in [4.69, 9.17) is 5.26 Å². The van der Waals surface area contributed by atoms with Gasteiger partial charge in [0.25, 0.3) is 0 Å². The molecule has 0 aromatic rings. The second-order valence-electron chi connectivity index (χ2n) is 4.03. The molecule has 1 saturated heterocycles. The van der Waals surface area contributed by atoms with Gasteiger partial charge in [0.2, 0.25) is 5.91 Å². The van der Waals surface area contributed by atoms with Crippen molar-refractivity contribution in [3.63, 3.8) is 0 Å². The number of carbonyl (C=O) groups is 1. The summed E-state index contributed by atoms with van der Waals surface area (Å²) < 4.78 is 0. The van der Waals surface area contributed by atoms with Crippen molar-refractivity contribution in [1.82, 2.24) is 10.2 Å². The van der Waals surface area contributed by atoms with Crippen molar-refractivity contribution in [1.29, 1.82) is 5.26 Å². The van der Waals surface area contributed by atoms with Crippen molar-refractivity contribution in [3.05, 3.63) is 0 Å². The Morgan fingerprint density at radius 3 is 2.79 bits per heavy atom. The van der Waals surface area contributed by atoms with Crippen LogP contribution in [0.5, 0.6) is 0 Å². The second kappa shape index (κ2) is 4.97. The number of rotatable bonds is 4. The van der Waals surface area contributed by atoms with E-state index in [1.165, 1.54) is 0 Å². The van der Waals surface area contributed by atoms with Crippen LogP contribution in [0.15, 0.2) is 0 Å². The molecule has 78 valence electrons. The van der Waals surface area contributed by atoms with Crippen LogP contribution in [0, 0.1) is 23.2 Å². The third-order valence-electron chi connectivity index (χ3n) is 2.52. The predicted molar refractivity (Wildman–Crippen MR) is 53.4 cm³/mol. The monoisotopic (exact) mass is 195 g/mol. The zero-order valence-corrected chi connectivity index (χ0v) is 8.79. The molecule has 1 N–H and O–H groups in total. The first-order valence-electron chi connectivity index (χ1n) is 4.97. The van der Waals surface area contributed by atoms with Gasteiger partial charge in [-0.15, -0.1) is 0 Å². The lowest BCUT2D eigenvalue weighted by molar-refractivity contribution is -0.131. The van der Waals surface area contributed by atoms with Crippen LogP contribution in [0.4, 0.5) is 0 Å². The average Bonchev–Trinajstić information content (AvgIpc) is 2.10. The minimum atomic E-state index is -0.0801. The molecular formula is C10H17N3O. The molecule has 4 nitrogen and oxygen atoms in total. The van der Waals surface area contributed by atoms with E-state index >= 15 is 0 Å². The van der Waals surface area contributed by atoms with Crippen LogP contribution < -0.4 is 5.32 Å². The molecule has 0 aromatic carbocycles. The zero-order chi connectivity index (χ0) is 10.6. The van der Waals surface area contributed by atoms with Gasteiger partial charge in [0, 0.05) is 20.0 Å². The summed E-state index contributed by atoms with van der Waals surface area (Å²) in [7, 11) is 1.77. The molecule has 1 unspecified atom stereocenters. The Bertz CT molecular complexity index is 242. The van der Waals surface area contributed by atoms with E-state index in [9.17, 15) is 4.79 Å². The van der Waals surface area contributed by atoms with E-state index in [2.05, 4.69) is 11.4 Å². The van der Waals surface area contributed by atoms with Crippen LogP contribution in [0.3, 0.4) is 0 Å². The van der Waals surface area contributed by atoms with E-state index in [1.54, 1.807) is 11.9 Å². The zero-order valence-electron chi connectivity index (χ0n) is 8.79. The fourth-order valence-corrected chi connectivity index (χ4v) is 1.45. The van der Waals surface area contributed by atoms with Gasteiger partial charge < -0.3 is 10.2 Å². The Morgan fingerprint density at radius 1 is 1.71 bits per heavy atom. The summed E-state index contributed by atoms with van der Waals surface area (Å²) >= 11 is 0. The normalized spacial score (nSPS) is 18.1. The largest absolute Gasteiger partial charge is 0.344 e. The molecule has 14 heavy (non-hydrogen) atoms. The Labute approximate surface area is 84.9 Å². The lowest BCUT2D eigenvalue weighted by atomic mass is 9.98. The molecular weight excluding hydrogens is 178 g/mol. The number of hydrogen-bond donors (Lipinski definition) is 1. The molecule has 4 heteroatoms. The quantitative estimate of drug-likeness (QED) is 0.698. The maximum atomic E-state index is 11.6. The van der Waals surface area contributed by atoms with Crippen molar-refractivity contribution < 1.29 is 4.79 Å². The first-order chi connectivity index (χ1) is 6.63. The summed E-state index contributed by atoms with van der Waals surface area (Å²) in [5.74, 6) is 0.574. The fraction of sp³-hybridized carbons (Fsp3) is 0.800. The summed E-state index contributed by atoms with van der Waals surface area (Å²) in [4.78, 5) is 13.2. The standard InChI is InChI=1S/C10H17N3O/c1-8(4-11)7-13(2)10(14)3-9-5-12-6-9/h8-9,12H,3,5-7H2,1-2H3. The molecule has 1 amide bonds. The van der Waals surface area contributed by atoms with Gasteiger partial charge >= 0.3 is 0 Å². The van der Waals surface area contributed by atoms with Crippen LogP contribution in [-0.2, 0) is 4.79 Å². The number of hydrogen-bond acceptors (Lipinski definition) is 3. The van der Waals surface area contributed by atoms with Gasteiger partial charge in [0.15, 0.2) is 0 Å². The maximum Gasteiger partial charge on any atom is 0.222 e. The van der Waals surface area contributed by atoms with Gasteiger partial charge in [-0.1, -0.05) is 0 Å². The topological polar surface area (TPSA) is 56.1 Å². The molecule has 1 atom stereocenters. The highest BCUT2D eigenvalue weighted by Crippen LogP contribution is 2.10. The van der Waals surface area contributed by atoms with Crippen LogP contribution in [0.1, 0.15) is 13.3 Å². The van der Waals surface area contributed by atoms with Crippen LogP contribution in [0.2, 0.25) is 0 Å². The molecule has 1 aliphatic rings. The fourth-order valence-electron chi connectivity index (χ4n) is 1.45. The molecule has 1 fully saturated rings. The van der Waals surface area contributed by atoms with Crippen molar-refractivity contribution >= 4 is 5.91 Å². The lowest BCUT2D eigenvalue weighted by Crippen LogP contribution is -2.45. The highest BCUT2D eigenvalue weighted by Gasteiger charge is 2.22. The molecule has 0 aliphatic carbocycles. The van der Waals surface area contributed by atoms with Gasteiger partial charge in [0.1, 0.15) is 0 Å². The molecule has 0 aromatic heterocycles. The van der Waals surface area contributed by atoms with Crippen LogP contribution in [0.25, 0.3) is 0 Å².